The van der Waals surface area contributed by atoms with E-state index in [1.807, 2.05) is 13.0 Å². The van der Waals surface area contributed by atoms with Gasteiger partial charge in [0.1, 0.15) is 5.82 Å². The smallest absolute Gasteiger partial charge is 0.126 e. The maximum absolute atomic E-state index is 13.4. The summed E-state index contributed by atoms with van der Waals surface area (Å²) in [6.07, 6.45) is 1.63. The van der Waals surface area contributed by atoms with Crippen molar-refractivity contribution in [3.63, 3.8) is 0 Å². The van der Waals surface area contributed by atoms with Crippen LogP contribution in [0.2, 0.25) is 0 Å². The summed E-state index contributed by atoms with van der Waals surface area (Å²) >= 11 is 2.09. The fourth-order valence-electron chi connectivity index (χ4n) is 1.63. The normalized spacial score (nSPS) is 9.58. The Hall–Kier alpha value is -1.51. The molecule has 0 saturated heterocycles. The molecule has 2 rings (SSSR count). The van der Waals surface area contributed by atoms with Crippen LogP contribution in [-0.4, -0.2) is 9.78 Å². The molecular formula is C13H7FIN3S. The van der Waals surface area contributed by atoms with Crippen LogP contribution >= 0.6 is 30.1 Å². The molecule has 0 aliphatic rings. The predicted octanol–water partition coefficient (Wildman–Crippen LogP) is 3.58. The van der Waals surface area contributed by atoms with E-state index in [-0.39, 0.29) is 5.56 Å². The maximum atomic E-state index is 13.4. The van der Waals surface area contributed by atoms with Gasteiger partial charge in [0.05, 0.1) is 34.8 Å². The predicted molar refractivity (Wildman–Crippen MR) is 81.5 cm³/mol. The molecule has 1 aromatic carbocycles. The van der Waals surface area contributed by atoms with E-state index in [2.05, 4.69) is 37.5 Å². The topological polar surface area (TPSA) is 41.6 Å². The lowest BCUT2D eigenvalue weighted by atomic mass is 10.2. The molecule has 0 aliphatic heterocycles. The number of nitriles is 1. The van der Waals surface area contributed by atoms with Crippen LogP contribution in [0.25, 0.3) is 5.69 Å². The van der Waals surface area contributed by atoms with E-state index < -0.39 is 5.82 Å². The molecular weight excluding hydrogens is 376 g/mol. The van der Waals surface area contributed by atoms with Gasteiger partial charge in [-0.1, -0.05) is 5.92 Å². The van der Waals surface area contributed by atoms with Gasteiger partial charge in [-0.15, -0.1) is 0 Å². The van der Waals surface area contributed by atoms with Gasteiger partial charge in [-0.25, -0.2) is 9.07 Å². The summed E-state index contributed by atoms with van der Waals surface area (Å²) in [5.74, 6) is 2.50. The summed E-state index contributed by atoms with van der Waals surface area (Å²) in [7, 11) is 1.39. The molecule has 6 heteroatoms. The van der Waals surface area contributed by atoms with Crippen molar-refractivity contribution in [2.24, 2.45) is 0 Å². The largest absolute Gasteiger partial charge is 0.237 e. The monoisotopic (exact) mass is 383 g/mol. The molecule has 0 radical (unpaired) electrons. The van der Waals surface area contributed by atoms with Crippen molar-refractivity contribution in [1.29, 1.82) is 5.26 Å². The summed E-state index contributed by atoms with van der Waals surface area (Å²) in [5, 5.41) is 15.9. The van der Waals surface area contributed by atoms with E-state index in [0.717, 1.165) is 11.3 Å². The highest BCUT2D eigenvalue weighted by atomic mass is 127. The van der Waals surface area contributed by atoms with Crippen molar-refractivity contribution in [3.8, 4) is 22.9 Å². The average Bonchev–Trinajstić information content (AvgIpc) is 2.77. The fraction of sp³-hybridized carbons (Fsp3) is 0.0769. The highest BCUT2D eigenvalue weighted by Gasteiger charge is 2.08. The second kappa shape index (κ2) is 6.09. The third-order valence-electron chi connectivity index (χ3n) is 2.49. The number of halogens is 2. The van der Waals surface area contributed by atoms with Crippen molar-refractivity contribution in [2.75, 3.05) is 0 Å². The standard InChI is InChI=1S/C13H7FIN3S/c1-9-11(2-3-19-15)8-17-18(9)13-5-10(7-16)4-12(14)6-13/h4-6,8H,1H3. The zero-order valence-electron chi connectivity index (χ0n) is 9.82. The Bertz CT molecular complexity index is 722. The second-order valence-electron chi connectivity index (χ2n) is 3.67. The number of benzene rings is 1. The van der Waals surface area contributed by atoms with Crippen molar-refractivity contribution < 1.29 is 4.39 Å². The van der Waals surface area contributed by atoms with Gasteiger partial charge in [-0.05, 0) is 39.3 Å². The SMILES string of the molecule is Cc1c(C#CSI)cnn1-c1cc(F)cc(C#N)c1. The van der Waals surface area contributed by atoms with E-state index in [4.69, 9.17) is 5.26 Å². The molecule has 0 atom stereocenters. The Morgan fingerprint density at radius 3 is 2.89 bits per heavy atom. The van der Waals surface area contributed by atoms with E-state index in [1.165, 1.54) is 21.1 Å². The van der Waals surface area contributed by atoms with E-state index in [0.29, 0.717) is 5.69 Å². The van der Waals surface area contributed by atoms with Gasteiger partial charge in [0.25, 0.3) is 0 Å². The molecule has 1 heterocycles. The van der Waals surface area contributed by atoms with Crippen LogP contribution in [0.15, 0.2) is 24.4 Å². The zero-order valence-corrected chi connectivity index (χ0v) is 12.8. The van der Waals surface area contributed by atoms with Gasteiger partial charge in [-0.2, -0.15) is 10.4 Å². The Morgan fingerprint density at radius 2 is 2.21 bits per heavy atom. The van der Waals surface area contributed by atoms with E-state index >= 15 is 0 Å². The molecule has 94 valence electrons. The number of rotatable bonds is 1. The maximum Gasteiger partial charge on any atom is 0.126 e. The summed E-state index contributed by atoms with van der Waals surface area (Å²) in [6, 6.07) is 6.04. The lowest BCUT2D eigenvalue weighted by molar-refractivity contribution is 0.624. The number of hydrogen-bond acceptors (Lipinski definition) is 3. The molecule has 0 aliphatic carbocycles. The second-order valence-corrected chi connectivity index (χ2v) is 5.35. The molecule has 1 aromatic heterocycles. The van der Waals surface area contributed by atoms with Crippen LogP contribution in [0.5, 0.6) is 0 Å². The minimum Gasteiger partial charge on any atom is -0.237 e. The Kier molecular flexibility index (Phi) is 4.46. The molecule has 0 fully saturated rings. The first-order valence-electron chi connectivity index (χ1n) is 5.20. The van der Waals surface area contributed by atoms with Crippen molar-refractivity contribution in [1.82, 2.24) is 9.78 Å². The summed E-state index contributed by atoms with van der Waals surface area (Å²) in [5.41, 5.74) is 2.38. The third-order valence-corrected chi connectivity index (χ3v) is 3.33. The van der Waals surface area contributed by atoms with Crippen LogP contribution < -0.4 is 0 Å². The Balaban J connectivity index is 2.51. The minimum atomic E-state index is -0.459. The van der Waals surface area contributed by atoms with Crippen LogP contribution in [0.1, 0.15) is 16.8 Å². The highest BCUT2D eigenvalue weighted by Crippen LogP contribution is 2.17. The molecule has 0 unspecified atom stereocenters. The molecule has 0 amide bonds. The van der Waals surface area contributed by atoms with Gasteiger partial charge in [0, 0.05) is 21.2 Å². The first kappa shape index (κ1) is 13.9. The molecule has 0 saturated carbocycles. The van der Waals surface area contributed by atoms with E-state index in [1.54, 1.807) is 16.9 Å². The first-order chi connectivity index (χ1) is 9.15. The number of aromatic nitrogens is 2. The lowest BCUT2D eigenvalue weighted by Gasteiger charge is -2.05. The van der Waals surface area contributed by atoms with Crippen LogP contribution in [0, 0.1) is 35.2 Å². The third kappa shape index (κ3) is 3.09. The lowest BCUT2D eigenvalue weighted by Crippen LogP contribution is -2.00. The Labute approximate surface area is 126 Å². The number of hydrogen-bond donors (Lipinski definition) is 0. The molecule has 0 spiro atoms. The van der Waals surface area contributed by atoms with Gasteiger partial charge in [-0.3, -0.25) is 0 Å². The number of nitrogens with zero attached hydrogens (tertiary/aromatic N) is 3. The van der Waals surface area contributed by atoms with Gasteiger partial charge in [0.2, 0.25) is 0 Å². The summed E-state index contributed by atoms with van der Waals surface area (Å²) in [6.45, 7) is 1.85. The van der Waals surface area contributed by atoms with Gasteiger partial charge >= 0.3 is 0 Å². The van der Waals surface area contributed by atoms with E-state index in [9.17, 15) is 4.39 Å². The quantitative estimate of drug-likeness (QED) is 0.559. The fourth-order valence-corrected chi connectivity index (χ4v) is 2.11. The summed E-state index contributed by atoms with van der Waals surface area (Å²) in [4.78, 5) is 0. The van der Waals surface area contributed by atoms with Gasteiger partial charge in [0.15, 0.2) is 0 Å². The first-order valence-corrected chi connectivity index (χ1v) is 8.56. The van der Waals surface area contributed by atoms with Gasteiger partial charge < -0.3 is 0 Å². The van der Waals surface area contributed by atoms with Crippen molar-refractivity contribution in [2.45, 2.75) is 6.92 Å². The average molecular weight is 383 g/mol. The molecule has 19 heavy (non-hydrogen) atoms. The highest BCUT2D eigenvalue weighted by molar-refractivity contribution is 14.2. The van der Waals surface area contributed by atoms with Crippen LogP contribution in [0.3, 0.4) is 0 Å². The minimum absolute atomic E-state index is 0.264. The molecule has 0 N–H and O–H groups in total. The summed E-state index contributed by atoms with van der Waals surface area (Å²) < 4.78 is 15.0. The molecule has 3 nitrogen and oxygen atoms in total. The molecule has 0 bridgehead atoms. The van der Waals surface area contributed by atoms with Crippen molar-refractivity contribution >= 4 is 30.1 Å². The molecule has 2 aromatic rings. The van der Waals surface area contributed by atoms with Crippen molar-refractivity contribution in [3.05, 3.63) is 47.0 Å². The Morgan fingerprint density at radius 1 is 1.42 bits per heavy atom. The van der Waals surface area contributed by atoms with Crippen LogP contribution in [-0.2, 0) is 0 Å². The zero-order chi connectivity index (χ0) is 13.8. The van der Waals surface area contributed by atoms with Crippen LogP contribution in [0.4, 0.5) is 4.39 Å².